The minimum Gasteiger partial charge on any atom is -0.491 e. The summed E-state index contributed by atoms with van der Waals surface area (Å²) >= 11 is 0. The Morgan fingerprint density at radius 2 is 1.52 bits per heavy atom. The van der Waals surface area contributed by atoms with Crippen LogP contribution in [0.5, 0.6) is 5.75 Å². The van der Waals surface area contributed by atoms with E-state index in [1.54, 1.807) is 0 Å². The molecule has 1 atom stereocenters. The van der Waals surface area contributed by atoms with Gasteiger partial charge < -0.3 is 9.84 Å². The summed E-state index contributed by atoms with van der Waals surface area (Å²) in [6.07, 6.45) is 4.47. The van der Waals surface area contributed by atoms with Gasteiger partial charge in [0.15, 0.2) is 0 Å². The highest BCUT2D eigenvalue weighted by Gasteiger charge is 2.29. The molecule has 1 unspecified atom stereocenters. The van der Waals surface area contributed by atoms with E-state index in [0.29, 0.717) is 5.92 Å². The lowest BCUT2D eigenvalue weighted by Gasteiger charge is -2.34. The molecule has 2 heteroatoms. The fraction of sp³-hybridized carbons (Fsp3) is 0.684. The minimum absolute atomic E-state index is 0.134. The summed E-state index contributed by atoms with van der Waals surface area (Å²) in [6, 6.07) is 7.95. The Labute approximate surface area is 129 Å². The van der Waals surface area contributed by atoms with Crippen LogP contribution in [0.25, 0.3) is 0 Å². The van der Waals surface area contributed by atoms with Gasteiger partial charge in [-0.25, -0.2) is 0 Å². The maximum absolute atomic E-state index is 10.8. The summed E-state index contributed by atoms with van der Waals surface area (Å²) in [5, 5.41) is 10.8. The zero-order chi connectivity index (χ0) is 15.4. The molecule has 1 saturated carbocycles. The van der Waals surface area contributed by atoms with Crippen LogP contribution in [0.3, 0.4) is 0 Å². The topological polar surface area (TPSA) is 29.5 Å². The third kappa shape index (κ3) is 4.23. The van der Waals surface area contributed by atoms with E-state index in [9.17, 15) is 5.11 Å². The minimum atomic E-state index is -0.395. The molecule has 1 aromatic carbocycles. The Kier molecular flexibility index (Phi) is 5.69. The maximum Gasteiger partial charge on any atom is 0.125 e. The van der Waals surface area contributed by atoms with Crippen molar-refractivity contribution in [1.82, 2.24) is 0 Å². The van der Waals surface area contributed by atoms with Gasteiger partial charge in [-0.2, -0.15) is 0 Å². The van der Waals surface area contributed by atoms with E-state index in [4.69, 9.17) is 4.74 Å². The molecule has 21 heavy (non-hydrogen) atoms. The van der Waals surface area contributed by atoms with Gasteiger partial charge >= 0.3 is 0 Å². The van der Waals surface area contributed by atoms with E-state index in [-0.39, 0.29) is 6.10 Å². The quantitative estimate of drug-likeness (QED) is 0.829. The Balaban J connectivity index is 2.05. The van der Waals surface area contributed by atoms with Crippen molar-refractivity contribution in [3.05, 3.63) is 29.8 Å². The van der Waals surface area contributed by atoms with Gasteiger partial charge in [0.1, 0.15) is 5.75 Å². The number of ether oxygens (including phenoxy) is 1. The number of aliphatic hydroxyl groups is 1. The van der Waals surface area contributed by atoms with Crippen LogP contribution in [0.2, 0.25) is 0 Å². The van der Waals surface area contributed by atoms with E-state index in [0.717, 1.165) is 36.0 Å². The summed E-state index contributed by atoms with van der Waals surface area (Å²) in [4.78, 5) is 0. The Morgan fingerprint density at radius 3 is 2.10 bits per heavy atom. The molecule has 0 heterocycles. The molecular formula is C19H30O2. The van der Waals surface area contributed by atoms with Crippen LogP contribution >= 0.6 is 0 Å². The number of benzene rings is 1. The molecule has 0 aliphatic heterocycles. The predicted octanol–water partition coefficient (Wildman–Crippen LogP) is 4.97. The van der Waals surface area contributed by atoms with Gasteiger partial charge in [-0.1, -0.05) is 32.0 Å². The highest BCUT2D eigenvalue weighted by atomic mass is 16.5. The Morgan fingerprint density at radius 1 is 0.952 bits per heavy atom. The second-order valence-corrected chi connectivity index (χ2v) is 7.07. The van der Waals surface area contributed by atoms with Gasteiger partial charge in [0, 0.05) is 5.56 Å². The normalized spacial score (nSPS) is 24.3. The molecule has 0 radical (unpaired) electrons. The van der Waals surface area contributed by atoms with Crippen LogP contribution in [-0.4, -0.2) is 11.2 Å². The molecule has 0 bridgehead atoms. The lowest BCUT2D eigenvalue weighted by molar-refractivity contribution is 0.0634. The van der Waals surface area contributed by atoms with Crippen molar-refractivity contribution < 1.29 is 9.84 Å². The van der Waals surface area contributed by atoms with Crippen LogP contribution < -0.4 is 4.74 Å². The van der Waals surface area contributed by atoms with Crippen molar-refractivity contribution in [2.24, 2.45) is 17.8 Å². The number of hydrogen-bond donors (Lipinski definition) is 1. The second kappa shape index (κ2) is 7.31. The number of aliphatic hydroxyl groups excluding tert-OH is 1. The summed E-state index contributed by atoms with van der Waals surface area (Å²) in [6.45, 7) is 8.68. The number of rotatable bonds is 5. The predicted molar refractivity (Wildman–Crippen MR) is 87.5 cm³/mol. The van der Waals surface area contributed by atoms with Crippen LogP contribution in [0.1, 0.15) is 65.0 Å². The van der Waals surface area contributed by atoms with E-state index in [1.807, 2.05) is 38.1 Å². The molecule has 2 rings (SSSR count). The highest BCUT2D eigenvalue weighted by Crippen LogP contribution is 2.41. The van der Waals surface area contributed by atoms with E-state index in [1.165, 1.54) is 12.8 Å². The average Bonchev–Trinajstić information content (AvgIpc) is 2.46. The van der Waals surface area contributed by atoms with Gasteiger partial charge in [-0.15, -0.1) is 0 Å². The highest BCUT2D eigenvalue weighted by molar-refractivity contribution is 5.35. The van der Waals surface area contributed by atoms with Gasteiger partial charge in [-0.05, 0) is 63.4 Å². The van der Waals surface area contributed by atoms with Crippen molar-refractivity contribution in [3.8, 4) is 5.75 Å². The summed E-state index contributed by atoms with van der Waals surface area (Å²) < 4.78 is 5.86. The zero-order valence-corrected chi connectivity index (χ0v) is 13.9. The molecule has 118 valence electrons. The lowest BCUT2D eigenvalue weighted by Crippen LogP contribution is -2.23. The Bertz CT molecular complexity index is 431. The fourth-order valence-corrected chi connectivity index (χ4v) is 3.47. The fourth-order valence-electron chi connectivity index (χ4n) is 3.47. The molecule has 2 nitrogen and oxygen atoms in total. The third-order valence-corrected chi connectivity index (χ3v) is 4.81. The molecule has 0 spiro atoms. The van der Waals surface area contributed by atoms with Crippen molar-refractivity contribution >= 4 is 0 Å². The van der Waals surface area contributed by atoms with Gasteiger partial charge in [0.25, 0.3) is 0 Å². The summed E-state index contributed by atoms with van der Waals surface area (Å²) in [5.41, 5.74) is 0.958. The number of hydrogen-bond acceptors (Lipinski definition) is 2. The first-order chi connectivity index (χ1) is 9.99. The van der Waals surface area contributed by atoms with E-state index in [2.05, 4.69) is 13.8 Å². The van der Waals surface area contributed by atoms with E-state index >= 15 is 0 Å². The van der Waals surface area contributed by atoms with Crippen molar-refractivity contribution in [1.29, 1.82) is 0 Å². The first-order valence-corrected chi connectivity index (χ1v) is 8.42. The first-order valence-electron chi connectivity index (χ1n) is 8.42. The standard InChI is InChI=1S/C19H30O2/c1-13(2)15-9-11-16(12-10-15)19(20)17-7-5-6-8-18(17)21-14(3)4/h5-8,13-16,19-20H,9-12H2,1-4H3. The Hall–Kier alpha value is -1.02. The monoisotopic (exact) mass is 290 g/mol. The SMILES string of the molecule is CC(C)Oc1ccccc1C(O)C1CCC(C(C)C)CC1. The third-order valence-electron chi connectivity index (χ3n) is 4.81. The molecule has 1 fully saturated rings. The van der Waals surface area contributed by atoms with Gasteiger partial charge in [0.05, 0.1) is 12.2 Å². The molecule has 1 N–H and O–H groups in total. The molecule has 0 aromatic heterocycles. The van der Waals surface area contributed by atoms with Crippen LogP contribution in [0, 0.1) is 17.8 Å². The van der Waals surface area contributed by atoms with Crippen molar-refractivity contribution in [2.45, 2.75) is 65.6 Å². The molecule has 1 aromatic rings. The largest absolute Gasteiger partial charge is 0.491 e. The summed E-state index contributed by atoms with van der Waals surface area (Å²) in [7, 11) is 0. The molecule has 1 aliphatic carbocycles. The number of para-hydroxylation sites is 1. The van der Waals surface area contributed by atoms with Crippen LogP contribution in [-0.2, 0) is 0 Å². The summed E-state index contributed by atoms with van der Waals surface area (Å²) in [5.74, 6) is 2.80. The lowest BCUT2D eigenvalue weighted by atomic mass is 9.74. The molecule has 0 saturated heterocycles. The van der Waals surface area contributed by atoms with Gasteiger partial charge in [0.2, 0.25) is 0 Å². The zero-order valence-electron chi connectivity index (χ0n) is 13.9. The first kappa shape index (κ1) is 16.4. The average molecular weight is 290 g/mol. The van der Waals surface area contributed by atoms with E-state index < -0.39 is 6.10 Å². The van der Waals surface area contributed by atoms with Crippen molar-refractivity contribution in [3.63, 3.8) is 0 Å². The van der Waals surface area contributed by atoms with Crippen molar-refractivity contribution in [2.75, 3.05) is 0 Å². The molecule has 0 amide bonds. The molecule has 1 aliphatic rings. The maximum atomic E-state index is 10.8. The van der Waals surface area contributed by atoms with Gasteiger partial charge in [-0.3, -0.25) is 0 Å². The smallest absolute Gasteiger partial charge is 0.125 e. The molecular weight excluding hydrogens is 260 g/mol. The second-order valence-electron chi connectivity index (χ2n) is 7.07. The van der Waals surface area contributed by atoms with Crippen LogP contribution in [0.15, 0.2) is 24.3 Å². The van der Waals surface area contributed by atoms with Crippen LogP contribution in [0.4, 0.5) is 0 Å².